The molecule has 25 heavy (non-hydrogen) atoms. The van der Waals surface area contributed by atoms with E-state index >= 15 is 0 Å². The van der Waals surface area contributed by atoms with Crippen molar-refractivity contribution in [3.05, 3.63) is 39.5 Å². The molecule has 0 atom stereocenters. The van der Waals surface area contributed by atoms with Crippen LogP contribution < -0.4 is 0 Å². The van der Waals surface area contributed by atoms with Crippen molar-refractivity contribution in [1.82, 2.24) is 14.7 Å². The number of hydrogen-bond acceptors (Lipinski definition) is 4. The lowest BCUT2D eigenvalue weighted by atomic mass is 10.0. The summed E-state index contributed by atoms with van der Waals surface area (Å²) in [6, 6.07) is 5.02. The lowest BCUT2D eigenvalue weighted by Gasteiger charge is -2.34. The second-order valence-corrected chi connectivity index (χ2v) is 7.24. The zero-order chi connectivity index (χ0) is 18.1. The molecule has 0 spiro atoms. The number of nitrogens with zero attached hydrogens (tertiary/aromatic N) is 3. The van der Waals surface area contributed by atoms with Crippen LogP contribution in [0.25, 0.3) is 5.57 Å². The van der Waals surface area contributed by atoms with Gasteiger partial charge in [-0.3, -0.25) is 14.5 Å². The Hall–Kier alpha value is -1.56. The van der Waals surface area contributed by atoms with Crippen molar-refractivity contribution < 1.29 is 9.59 Å². The quantitative estimate of drug-likeness (QED) is 0.752. The topological polar surface area (TPSA) is 43.9 Å². The Bertz CT molecular complexity index is 740. The van der Waals surface area contributed by atoms with Crippen LogP contribution in [0.15, 0.2) is 23.9 Å². The van der Waals surface area contributed by atoms with Crippen molar-refractivity contribution in [2.24, 2.45) is 0 Å². The summed E-state index contributed by atoms with van der Waals surface area (Å²) in [5.74, 6) is -0.498. The third kappa shape index (κ3) is 3.41. The van der Waals surface area contributed by atoms with Gasteiger partial charge in [0.1, 0.15) is 5.70 Å². The number of piperazine rings is 1. The normalized spacial score (nSPS) is 19.4. The number of rotatable bonds is 4. The first kappa shape index (κ1) is 18.2. The Labute approximate surface area is 157 Å². The predicted octanol–water partition coefficient (Wildman–Crippen LogP) is 2.73. The summed E-state index contributed by atoms with van der Waals surface area (Å²) in [6.45, 7) is 5.47. The smallest absolute Gasteiger partial charge is 0.277 e. The minimum Gasteiger partial charge on any atom is -0.364 e. The SMILES string of the molecule is CCCN1C(=O)C(c2ccc(Cl)cc2Cl)=C(N2CCN(C)CC2)C1=O. The minimum atomic E-state index is -0.273. The molecule has 2 amide bonds. The van der Waals surface area contributed by atoms with E-state index in [4.69, 9.17) is 23.2 Å². The number of hydrogen-bond donors (Lipinski definition) is 0. The molecule has 0 unspecified atom stereocenters. The van der Waals surface area contributed by atoms with Gasteiger partial charge in [0.2, 0.25) is 0 Å². The summed E-state index contributed by atoms with van der Waals surface area (Å²) in [7, 11) is 2.05. The van der Waals surface area contributed by atoms with Gasteiger partial charge in [0.05, 0.1) is 10.6 Å². The number of benzene rings is 1. The maximum absolute atomic E-state index is 13.0. The maximum atomic E-state index is 13.0. The van der Waals surface area contributed by atoms with Crippen molar-refractivity contribution in [3.63, 3.8) is 0 Å². The van der Waals surface area contributed by atoms with Gasteiger partial charge in [0.25, 0.3) is 11.8 Å². The van der Waals surface area contributed by atoms with Crippen LogP contribution in [0.1, 0.15) is 18.9 Å². The highest BCUT2D eigenvalue weighted by molar-refractivity contribution is 6.41. The van der Waals surface area contributed by atoms with Crippen molar-refractivity contribution in [1.29, 1.82) is 0 Å². The number of amides is 2. The van der Waals surface area contributed by atoms with Gasteiger partial charge in [-0.05, 0) is 25.6 Å². The molecule has 5 nitrogen and oxygen atoms in total. The van der Waals surface area contributed by atoms with Gasteiger partial charge in [-0.2, -0.15) is 0 Å². The van der Waals surface area contributed by atoms with Gasteiger partial charge in [0.15, 0.2) is 0 Å². The third-order valence-electron chi connectivity index (χ3n) is 4.61. The molecule has 0 radical (unpaired) electrons. The summed E-state index contributed by atoms with van der Waals surface area (Å²) in [5, 5.41) is 0.881. The molecule has 3 rings (SSSR count). The van der Waals surface area contributed by atoms with Crippen LogP contribution in [0.4, 0.5) is 0 Å². The maximum Gasteiger partial charge on any atom is 0.277 e. The Kier molecular flexibility index (Phi) is 5.37. The number of likely N-dealkylation sites (N-methyl/N-ethyl adjacent to an activating group) is 1. The van der Waals surface area contributed by atoms with E-state index in [-0.39, 0.29) is 11.8 Å². The standard InChI is InChI=1S/C18H21Cl2N3O2/c1-3-6-23-17(24)15(13-5-4-12(19)11-14(13)20)16(18(23)25)22-9-7-21(2)8-10-22/h4-5,11H,3,6-10H2,1-2H3. The monoisotopic (exact) mass is 381 g/mol. The van der Waals surface area contributed by atoms with Gasteiger partial charge in [-0.15, -0.1) is 0 Å². The molecule has 7 heteroatoms. The molecule has 0 bridgehead atoms. The highest BCUT2D eigenvalue weighted by Gasteiger charge is 2.42. The van der Waals surface area contributed by atoms with Crippen LogP contribution >= 0.6 is 23.2 Å². The molecule has 0 saturated carbocycles. The molecular formula is C18H21Cl2N3O2. The molecule has 0 aliphatic carbocycles. The fourth-order valence-corrected chi connectivity index (χ4v) is 3.75. The summed E-state index contributed by atoms with van der Waals surface area (Å²) in [6.07, 6.45) is 0.717. The molecule has 1 aromatic rings. The first-order valence-corrected chi connectivity index (χ1v) is 9.19. The van der Waals surface area contributed by atoms with E-state index in [9.17, 15) is 9.59 Å². The summed E-state index contributed by atoms with van der Waals surface area (Å²) in [4.78, 5) is 31.5. The molecule has 134 valence electrons. The van der Waals surface area contributed by atoms with Crippen LogP contribution in [0.5, 0.6) is 0 Å². The Balaban J connectivity index is 2.09. The van der Waals surface area contributed by atoms with E-state index in [1.165, 1.54) is 4.90 Å². The fraction of sp³-hybridized carbons (Fsp3) is 0.444. The van der Waals surface area contributed by atoms with E-state index in [1.807, 2.05) is 18.9 Å². The van der Waals surface area contributed by atoms with Crippen molar-refractivity contribution in [2.45, 2.75) is 13.3 Å². The highest BCUT2D eigenvalue weighted by atomic mass is 35.5. The Morgan fingerprint density at radius 2 is 1.72 bits per heavy atom. The number of carbonyl (C=O) groups excluding carboxylic acids is 2. The first-order valence-electron chi connectivity index (χ1n) is 8.43. The average molecular weight is 382 g/mol. The van der Waals surface area contributed by atoms with Crippen LogP contribution in [0.2, 0.25) is 10.0 Å². The molecule has 0 N–H and O–H groups in total. The van der Waals surface area contributed by atoms with E-state index in [1.54, 1.807) is 18.2 Å². The Morgan fingerprint density at radius 1 is 1.04 bits per heavy atom. The van der Waals surface area contributed by atoms with Crippen LogP contribution in [-0.4, -0.2) is 66.3 Å². The van der Waals surface area contributed by atoms with E-state index < -0.39 is 0 Å². The van der Waals surface area contributed by atoms with E-state index in [2.05, 4.69) is 4.90 Å². The van der Waals surface area contributed by atoms with Crippen LogP contribution in [-0.2, 0) is 9.59 Å². The summed E-state index contributed by atoms with van der Waals surface area (Å²) < 4.78 is 0. The molecule has 1 aromatic carbocycles. The van der Waals surface area contributed by atoms with Gasteiger partial charge in [-0.25, -0.2) is 0 Å². The third-order valence-corrected chi connectivity index (χ3v) is 5.16. The molecule has 0 aromatic heterocycles. The molecular weight excluding hydrogens is 361 g/mol. The molecule has 1 fully saturated rings. The first-order chi connectivity index (χ1) is 11.9. The summed E-state index contributed by atoms with van der Waals surface area (Å²) in [5.41, 5.74) is 1.43. The van der Waals surface area contributed by atoms with Crippen LogP contribution in [0.3, 0.4) is 0 Å². The molecule has 1 saturated heterocycles. The lowest BCUT2D eigenvalue weighted by Crippen LogP contribution is -2.46. The van der Waals surface area contributed by atoms with Crippen molar-refractivity contribution in [3.8, 4) is 0 Å². The van der Waals surface area contributed by atoms with Gasteiger partial charge >= 0.3 is 0 Å². The predicted molar refractivity (Wildman–Crippen MR) is 99.5 cm³/mol. The average Bonchev–Trinajstić information content (AvgIpc) is 2.81. The summed E-state index contributed by atoms with van der Waals surface area (Å²) >= 11 is 12.3. The molecule has 2 heterocycles. The number of carbonyl (C=O) groups is 2. The second kappa shape index (κ2) is 7.36. The zero-order valence-corrected chi connectivity index (χ0v) is 15.9. The molecule has 2 aliphatic rings. The zero-order valence-electron chi connectivity index (χ0n) is 14.4. The fourth-order valence-electron chi connectivity index (χ4n) is 3.25. The molecule has 2 aliphatic heterocycles. The van der Waals surface area contributed by atoms with Gasteiger partial charge in [-0.1, -0.05) is 36.2 Å². The number of halogens is 2. The van der Waals surface area contributed by atoms with E-state index in [0.717, 1.165) is 19.5 Å². The van der Waals surface area contributed by atoms with Gasteiger partial charge < -0.3 is 9.80 Å². The Morgan fingerprint density at radius 3 is 2.32 bits per heavy atom. The van der Waals surface area contributed by atoms with Crippen LogP contribution in [0, 0.1) is 0 Å². The minimum absolute atomic E-state index is 0.225. The highest BCUT2D eigenvalue weighted by Crippen LogP contribution is 2.36. The number of imide groups is 1. The van der Waals surface area contributed by atoms with E-state index in [0.29, 0.717) is 46.5 Å². The lowest BCUT2D eigenvalue weighted by molar-refractivity contribution is -0.137. The van der Waals surface area contributed by atoms with Gasteiger partial charge in [0, 0.05) is 43.3 Å². The van der Waals surface area contributed by atoms with Crippen molar-refractivity contribution >= 4 is 40.6 Å². The second-order valence-electron chi connectivity index (χ2n) is 6.40. The van der Waals surface area contributed by atoms with Crippen molar-refractivity contribution in [2.75, 3.05) is 39.8 Å². The largest absolute Gasteiger partial charge is 0.364 e.